The largest absolute Gasteiger partial charge is 0.461 e. The van der Waals surface area contributed by atoms with Crippen molar-refractivity contribution in [2.75, 3.05) is 12.3 Å². The summed E-state index contributed by atoms with van der Waals surface area (Å²) >= 11 is 0. The zero-order valence-electron chi connectivity index (χ0n) is 14.6. The van der Waals surface area contributed by atoms with Gasteiger partial charge in [0.15, 0.2) is 5.69 Å². The minimum atomic E-state index is -0.527. The van der Waals surface area contributed by atoms with Crippen molar-refractivity contribution in [2.24, 2.45) is 0 Å². The molecule has 0 aromatic carbocycles. The number of hydrogen-bond acceptors (Lipinski definition) is 8. The highest BCUT2D eigenvalue weighted by Gasteiger charge is 2.29. The van der Waals surface area contributed by atoms with Crippen LogP contribution in [-0.2, 0) is 11.3 Å². The minimum Gasteiger partial charge on any atom is -0.461 e. The van der Waals surface area contributed by atoms with Gasteiger partial charge in [-0.3, -0.25) is 0 Å². The van der Waals surface area contributed by atoms with Gasteiger partial charge in [-0.05, 0) is 44.9 Å². The number of nitrogen functional groups attached to an aromatic ring is 1. The van der Waals surface area contributed by atoms with Crippen LogP contribution in [0.5, 0.6) is 0 Å². The lowest BCUT2D eigenvalue weighted by Gasteiger charge is -2.27. The number of rotatable bonds is 7. The Bertz CT molecular complexity index is 684. The molecular weight excluding hydrogens is 314 g/mol. The third kappa shape index (κ3) is 3.53. The number of nitrogens with zero attached hydrogens (tertiary/aromatic N) is 5. The van der Waals surface area contributed by atoms with Crippen molar-refractivity contribution in [2.45, 2.75) is 53.2 Å². The number of hydrogen-bond donors (Lipinski definition) is 2. The Morgan fingerprint density at radius 2 is 1.96 bits per heavy atom. The predicted octanol–water partition coefficient (Wildman–Crippen LogP) is -0.389. The first-order chi connectivity index (χ1) is 11.4. The topological polar surface area (TPSA) is 126 Å². The Kier molecular flexibility index (Phi) is 5.50. The van der Waals surface area contributed by atoms with Crippen LogP contribution in [0.4, 0.5) is 5.82 Å². The summed E-state index contributed by atoms with van der Waals surface area (Å²) in [4.78, 5) is 13.5. The minimum absolute atomic E-state index is 0.0761. The number of carbonyl (C=O) groups is 1. The van der Waals surface area contributed by atoms with Crippen LogP contribution >= 0.6 is 0 Å². The number of ether oxygens (including phenoxy) is 1. The Balaban J connectivity index is 2.50. The molecule has 0 bridgehead atoms. The second-order valence-corrected chi connectivity index (χ2v) is 6.05. The van der Waals surface area contributed by atoms with Crippen LogP contribution in [0.15, 0.2) is 4.63 Å². The van der Waals surface area contributed by atoms with Gasteiger partial charge in [0.2, 0.25) is 11.6 Å². The molecule has 0 radical (unpaired) electrons. The van der Waals surface area contributed by atoms with E-state index in [9.17, 15) is 4.79 Å². The van der Waals surface area contributed by atoms with E-state index in [1.165, 1.54) is 9.58 Å². The number of anilines is 1. The molecule has 0 unspecified atom stereocenters. The fourth-order valence-electron chi connectivity index (χ4n) is 2.59. The molecule has 0 spiro atoms. The van der Waals surface area contributed by atoms with Crippen LogP contribution in [0.25, 0.3) is 5.82 Å². The molecule has 0 amide bonds. The lowest BCUT2D eigenvalue weighted by atomic mass is 10.2. The summed E-state index contributed by atoms with van der Waals surface area (Å²) in [5, 5.41) is 15.3. The number of quaternary nitrogens is 1. The van der Waals surface area contributed by atoms with Gasteiger partial charge < -0.3 is 15.4 Å². The molecule has 2 heterocycles. The molecule has 0 aliphatic carbocycles. The van der Waals surface area contributed by atoms with Gasteiger partial charge >= 0.3 is 5.97 Å². The molecule has 0 aliphatic rings. The zero-order chi connectivity index (χ0) is 17.9. The molecule has 0 aliphatic heterocycles. The standard InChI is InChI=1S/C14H23N7O3/c1-6-23-14(22)11-10(7-20(8(2)3)9(4)5)21(19-16-11)13-12(15)17-24-18-13/h8-9H,6-7H2,1-5H3,(H2,15,17)/p+1. The summed E-state index contributed by atoms with van der Waals surface area (Å²) in [7, 11) is 0. The highest BCUT2D eigenvalue weighted by molar-refractivity contribution is 5.88. The third-order valence-electron chi connectivity index (χ3n) is 3.78. The molecule has 10 heteroatoms. The first kappa shape index (κ1) is 17.9. The van der Waals surface area contributed by atoms with Crippen molar-refractivity contribution in [1.29, 1.82) is 0 Å². The Morgan fingerprint density at radius 3 is 2.46 bits per heavy atom. The van der Waals surface area contributed by atoms with Crippen molar-refractivity contribution < 1.29 is 19.1 Å². The number of esters is 1. The predicted molar refractivity (Wildman–Crippen MR) is 84.5 cm³/mol. The molecule has 3 N–H and O–H groups in total. The second-order valence-electron chi connectivity index (χ2n) is 6.05. The summed E-state index contributed by atoms with van der Waals surface area (Å²) in [6.07, 6.45) is 0. The molecule has 24 heavy (non-hydrogen) atoms. The van der Waals surface area contributed by atoms with Gasteiger partial charge in [0, 0.05) is 0 Å². The summed E-state index contributed by atoms with van der Waals surface area (Å²) in [5.41, 5.74) is 6.47. The first-order valence-corrected chi connectivity index (χ1v) is 7.92. The molecule has 0 saturated carbocycles. The fourth-order valence-corrected chi connectivity index (χ4v) is 2.59. The van der Waals surface area contributed by atoms with Crippen molar-refractivity contribution in [3.05, 3.63) is 11.4 Å². The Labute approximate surface area is 139 Å². The van der Waals surface area contributed by atoms with Crippen LogP contribution in [0.3, 0.4) is 0 Å². The molecule has 0 atom stereocenters. The van der Waals surface area contributed by atoms with Crippen molar-refractivity contribution in [1.82, 2.24) is 25.3 Å². The van der Waals surface area contributed by atoms with Crippen LogP contribution in [0.1, 0.15) is 50.8 Å². The maximum Gasteiger partial charge on any atom is 0.361 e. The van der Waals surface area contributed by atoms with Crippen molar-refractivity contribution in [3.63, 3.8) is 0 Å². The van der Waals surface area contributed by atoms with Gasteiger partial charge in [-0.2, -0.15) is 4.68 Å². The molecule has 10 nitrogen and oxygen atoms in total. The first-order valence-electron chi connectivity index (χ1n) is 7.92. The lowest BCUT2D eigenvalue weighted by Crippen LogP contribution is -3.16. The molecule has 2 aromatic heterocycles. The van der Waals surface area contributed by atoms with E-state index >= 15 is 0 Å². The van der Waals surface area contributed by atoms with E-state index in [2.05, 4.69) is 52.9 Å². The number of nitrogens with one attached hydrogen (secondary N) is 1. The maximum atomic E-state index is 12.2. The molecular formula is C14H24N7O3+. The summed E-state index contributed by atoms with van der Waals surface area (Å²) in [5.74, 6) is -0.243. The molecule has 2 rings (SSSR count). The molecule has 0 fully saturated rings. The van der Waals surface area contributed by atoms with Gasteiger partial charge in [0.05, 0.1) is 18.7 Å². The van der Waals surface area contributed by atoms with E-state index in [0.29, 0.717) is 24.3 Å². The van der Waals surface area contributed by atoms with E-state index in [1.54, 1.807) is 6.92 Å². The molecule has 0 saturated heterocycles. The second kappa shape index (κ2) is 7.39. The summed E-state index contributed by atoms with van der Waals surface area (Å²) in [6, 6.07) is 0.660. The highest BCUT2D eigenvalue weighted by Crippen LogP contribution is 2.16. The van der Waals surface area contributed by atoms with Crippen LogP contribution in [-0.4, -0.2) is 50.0 Å². The monoisotopic (exact) mass is 338 g/mol. The lowest BCUT2D eigenvalue weighted by molar-refractivity contribution is -0.955. The van der Waals surface area contributed by atoms with E-state index in [1.807, 2.05) is 0 Å². The molecule has 132 valence electrons. The average Bonchev–Trinajstić information content (AvgIpc) is 3.09. The van der Waals surface area contributed by atoms with E-state index in [-0.39, 0.29) is 23.9 Å². The highest BCUT2D eigenvalue weighted by atomic mass is 16.6. The van der Waals surface area contributed by atoms with Gasteiger partial charge in [0.25, 0.3) is 0 Å². The smallest absolute Gasteiger partial charge is 0.361 e. The van der Waals surface area contributed by atoms with Gasteiger partial charge in [-0.15, -0.1) is 5.10 Å². The van der Waals surface area contributed by atoms with Crippen LogP contribution in [0.2, 0.25) is 0 Å². The van der Waals surface area contributed by atoms with E-state index in [0.717, 1.165) is 0 Å². The van der Waals surface area contributed by atoms with Crippen LogP contribution in [0, 0.1) is 0 Å². The number of carbonyl (C=O) groups excluding carboxylic acids is 1. The Hall–Kier alpha value is -2.49. The van der Waals surface area contributed by atoms with Crippen LogP contribution < -0.4 is 10.6 Å². The summed E-state index contributed by atoms with van der Waals surface area (Å²) in [6.45, 7) is 10.9. The zero-order valence-corrected chi connectivity index (χ0v) is 14.6. The van der Waals surface area contributed by atoms with Crippen molar-refractivity contribution >= 4 is 11.8 Å². The quantitative estimate of drug-likeness (QED) is 0.654. The van der Waals surface area contributed by atoms with Crippen molar-refractivity contribution in [3.8, 4) is 5.82 Å². The SMILES string of the molecule is CCOC(=O)c1nnn(-c2nonc2N)c1C[NH+](C(C)C)C(C)C. The third-order valence-corrected chi connectivity index (χ3v) is 3.78. The van der Waals surface area contributed by atoms with Gasteiger partial charge in [-0.1, -0.05) is 5.21 Å². The number of nitrogens with two attached hydrogens (primary N) is 1. The normalized spacial score (nSPS) is 11.7. The fraction of sp³-hybridized carbons (Fsp3) is 0.643. The van der Waals surface area contributed by atoms with E-state index in [4.69, 9.17) is 10.5 Å². The maximum absolute atomic E-state index is 12.2. The molecule has 2 aromatic rings. The van der Waals surface area contributed by atoms with E-state index < -0.39 is 5.97 Å². The average molecular weight is 338 g/mol. The Morgan fingerprint density at radius 1 is 1.29 bits per heavy atom. The van der Waals surface area contributed by atoms with Gasteiger partial charge in [-0.25, -0.2) is 9.42 Å². The number of aromatic nitrogens is 5. The summed E-state index contributed by atoms with van der Waals surface area (Å²) < 4.78 is 11.1. The van der Waals surface area contributed by atoms with Gasteiger partial charge in [0.1, 0.15) is 12.2 Å².